The number of benzene rings is 1. The van der Waals surface area contributed by atoms with Gasteiger partial charge in [-0.3, -0.25) is 4.79 Å². The summed E-state index contributed by atoms with van der Waals surface area (Å²) in [6.45, 7) is 11.5. The van der Waals surface area contributed by atoms with Crippen molar-refractivity contribution in [3.05, 3.63) is 54.4 Å². The Labute approximate surface area is 213 Å². The highest BCUT2D eigenvalue weighted by Crippen LogP contribution is 2.24. The molecule has 3 heterocycles. The molecule has 0 saturated carbocycles. The molecule has 1 aromatic carbocycles. The Balaban J connectivity index is 1.31. The predicted molar refractivity (Wildman–Crippen MR) is 141 cm³/mol. The number of carbonyl (C=O) groups excluding carboxylic acids is 2. The molecule has 0 unspecified atom stereocenters. The number of likely N-dealkylation sites (tertiary alicyclic amines) is 1. The molecule has 36 heavy (non-hydrogen) atoms. The zero-order valence-corrected chi connectivity index (χ0v) is 22.0. The number of pyridine rings is 1. The van der Waals surface area contributed by atoms with Crippen molar-refractivity contribution in [2.75, 3.05) is 19.7 Å². The van der Waals surface area contributed by atoms with Gasteiger partial charge in [-0.05, 0) is 75.4 Å². The summed E-state index contributed by atoms with van der Waals surface area (Å²) in [6, 6.07) is 12.1. The highest BCUT2D eigenvalue weighted by atomic mass is 16.6. The summed E-state index contributed by atoms with van der Waals surface area (Å²) in [6.07, 6.45) is 5.77. The number of hydrogen-bond donors (Lipinski definition) is 0. The van der Waals surface area contributed by atoms with Crippen LogP contribution >= 0.6 is 0 Å². The molecule has 1 aliphatic heterocycles. The van der Waals surface area contributed by atoms with Crippen LogP contribution in [0, 0.1) is 11.8 Å². The number of ketones is 1. The third-order valence-electron chi connectivity index (χ3n) is 6.50. The molecule has 0 radical (unpaired) electrons. The van der Waals surface area contributed by atoms with Crippen molar-refractivity contribution < 1.29 is 19.1 Å². The molecule has 0 spiro atoms. The third kappa shape index (κ3) is 6.45. The maximum atomic E-state index is 12.2. The third-order valence-corrected chi connectivity index (χ3v) is 6.50. The monoisotopic (exact) mass is 491 g/mol. The first-order valence-electron chi connectivity index (χ1n) is 12.8. The Morgan fingerprint density at radius 1 is 1.08 bits per heavy atom. The Morgan fingerprint density at radius 2 is 1.83 bits per heavy atom. The van der Waals surface area contributed by atoms with Gasteiger partial charge in [0.05, 0.1) is 18.3 Å². The molecule has 4 rings (SSSR count). The number of piperidine rings is 1. The molecular formula is C29H37N3O4. The van der Waals surface area contributed by atoms with Crippen LogP contribution in [-0.4, -0.2) is 51.6 Å². The average molecular weight is 492 g/mol. The summed E-state index contributed by atoms with van der Waals surface area (Å²) < 4.78 is 13.5. The number of Topliss-reactive ketones (excluding diaryl/α,β-unsaturated/α-hetero) is 1. The fourth-order valence-electron chi connectivity index (χ4n) is 4.33. The van der Waals surface area contributed by atoms with E-state index in [9.17, 15) is 9.59 Å². The SMILES string of the molecule is CC(C)C(=O)Cc1ccc2c(ccn2-c2ccc(OCC3CCN(C(=O)OC(C)(C)C)CC3)cn2)c1. The van der Waals surface area contributed by atoms with E-state index in [1.807, 2.05) is 69.6 Å². The van der Waals surface area contributed by atoms with Gasteiger partial charge in [-0.1, -0.05) is 19.9 Å². The fraction of sp³-hybridized carbons (Fsp3) is 0.483. The first-order chi connectivity index (χ1) is 17.1. The van der Waals surface area contributed by atoms with Crippen LogP contribution in [0.5, 0.6) is 5.75 Å². The van der Waals surface area contributed by atoms with Crippen molar-refractivity contribution in [1.29, 1.82) is 0 Å². The molecule has 1 amide bonds. The number of ether oxygens (including phenoxy) is 2. The number of amides is 1. The molecule has 7 heteroatoms. The lowest BCUT2D eigenvalue weighted by atomic mass is 9.98. The largest absolute Gasteiger partial charge is 0.492 e. The van der Waals surface area contributed by atoms with Crippen molar-refractivity contribution in [2.24, 2.45) is 11.8 Å². The summed E-state index contributed by atoms with van der Waals surface area (Å²) in [5.41, 5.74) is 1.61. The maximum absolute atomic E-state index is 12.2. The quantitative estimate of drug-likeness (QED) is 0.416. The minimum atomic E-state index is -0.472. The summed E-state index contributed by atoms with van der Waals surface area (Å²) >= 11 is 0. The second-order valence-electron chi connectivity index (χ2n) is 11.0. The summed E-state index contributed by atoms with van der Waals surface area (Å²) in [5.74, 6) is 2.24. The van der Waals surface area contributed by atoms with E-state index in [1.54, 1.807) is 11.1 Å². The minimum absolute atomic E-state index is 0.0419. The number of carbonyl (C=O) groups is 2. The van der Waals surface area contributed by atoms with Crippen LogP contribution < -0.4 is 4.74 Å². The number of fused-ring (bicyclic) bond motifs is 1. The number of nitrogens with zero attached hydrogens (tertiary/aromatic N) is 3. The van der Waals surface area contributed by atoms with Crippen molar-refractivity contribution in [2.45, 2.75) is 59.5 Å². The van der Waals surface area contributed by atoms with Gasteiger partial charge in [-0.25, -0.2) is 9.78 Å². The van der Waals surface area contributed by atoms with E-state index in [0.717, 1.165) is 40.9 Å². The molecule has 0 N–H and O–H groups in total. The molecule has 0 bridgehead atoms. The predicted octanol–water partition coefficient (Wildman–Crippen LogP) is 5.82. The van der Waals surface area contributed by atoms with E-state index in [0.29, 0.717) is 32.0 Å². The highest BCUT2D eigenvalue weighted by Gasteiger charge is 2.27. The van der Waals surface area contributed by atoms with Gasteiger partial charge in [0.25, 0.3) is 0 Å². The number of hydrogen-bond acceptors (Lipinski definition) is 5. The molecule has 1 fully saturated rings. The first-order valence-corrected chi connectivity index (χ1v) is 12.8. The molecule has 1 saturated heterocycles. The van der Waals surface area contributed by atoms with Gasteiger partial charge < -0.3 is 18.9 Å². The van der Waals surface area contributed by atoms with Gasteiger partial charge in [0.1, 0.15) is 23.0 Å². The summed E-state index contributed by atoms with van der Waals surface area (Å²) in [4.78, 5) is 30.7. The van der Waals surface area contributed by atoms with Crippen LogP contribution in [0.2, 0.25) is 0 Å². The lowest BCUT2D eigenvalue weighted by molar-refractivity contribution is -0.121. The first kappa shape index (κ1) is 25.7. The van der Waals surface area contributed by atoms with Gasteiger partial charge >= 0.3 is 6.09 Å². The van der Waals surface area contributed by atoms with Crippen LogP contribution in [-0.2, 0) is 16.0 Å². The summed E-state index contributed by atoms with van der Waals surface area (Å²) in [7, 11) is 0. The molecule has 0 atom stereocenters. The van der Waals surface area contributed by atoms with Crippen molar-refractivity contribution in [3.63, 3.8) is 0 Å². The topological polar surface area (TPSA) is 73.7 Å². The van der Waals surface area contributed by atoms with Crippen LogP contribution in [0.25, 0.3) is 16.7 Å². The van der Waals surface area contributed by atoms with E-state index in [1.165, 1.54) is 0 Å². The van der Waals surface area contributed by atoms with E-state index in [4.69, 9.17) is 9.47 Å². The van der Waals surface area contributed by atoms with Crippen molar-refractivity contribution in [3.8, 4) is 11.6 Å². The number of rotatable bonds is 7. The molecule has 7 nitrogen and oxygen atoms in total. The van der Waals surface area contributed by atoms with Crippen molar-refractivity contribution in [1.82, 2.24) is 14.5 Å². The van der Waals surface area contributed by atoms with Gasteiger partial charge in [0.2, 0.25) is 0 Å². The van der Waals surface area contributed by atoms with E-state index < -0.39 is 5.60 Å². The number of aromatic nitrogens is 2. The standard InChI is InChI=1S/C29H37N3O4/c1-20(2)26(33)17-22-6-8-25-23(16-22)12-15-32(25)27-9-7-24(18-30-27)35-19-21-10-13-31(14-11-21)28(34)36-29(3,4)5/h6-9,12,15-16,18,20-21H,10-11,13-14,17,19H2,1-5H3. The zero-order chi connectivity index (χ0) is 25.9. The molecule has 1 aliphatic rings. The Morgan fingerprint density at radius 3 is 2.47 bits per heavy atom. The Kier molecular flexibility index (Phi) is 7.67. The Hall–Kier alpha value is -3.35. The fourth-order valence-corrected chi connectivity index (χ4v) is 4.33. The van der Waals surface area contributed by atoms with E-state index >= 15 is 0 Å². The minimum Gasteiger partial charge on any atom is -0.492 e. The molecular weight excluding hydrogens is 454 g/mol. The molecule has 0 aliphatic carbocycles. The summed E-state index contributed by atoms with van der Waals surface area (Å²) in [5, 5.41) is 1.09. The molecule has 3 aromatic rings. The van der Waals surface area contributed by atoms with Gasteiger partial charge in [-0.15, -0.1) is 0 Å². The Bertz CT molecular complexity index is 1200. The average Bonchev–Trinajstić information content (AvgIpc) is 3.25. The normalized spacial score (nSPS) is 14.9. The van der Waals surface area contributed by atoms with Gasteiger partial charge in [0, 0.05) is 37.0 Å². The molecule has 192 valence electrons. The van der Waals surface area contributed by atoms with Gasteiger partial charge in [-0.2, -0.15) is 0 Å². The van der Waals surface area contributed by atoms with E-state index in [2.05, 4.69) is 17.1 Å². The van der Waals surface area contributed by atoms with E-state index in [-0.39, 0.29) is 17.8 Å². The van der Waals surface area contributed by atoms with Gasteiger partial charge in [0.15, 0.2) is 0 Å². The lowest BCUT2D eigenvalue weighted by Gasteiger charge is -2.33. The second kappa shape index (κ2) is 10.7. The van der Waals surface area contributed by atoms with Crippen LogP contribution in [0.4, 0.5) is 4.79 Å². The maximum Gasteiger partial charge on any atom is 0.410 e. The highest BCUT2D eigenvalue weighted by molar-refractivity contribution is 5.86. The van der Waals surface area contributed by atoms with Crippen LogP contribution in [0.1, 0.15) is 53.0 Å². The van der Waals surface area contributed by atoms with Crippen molar-refractivity contribution >= 4 is 22.8 Å². The van der Waals surface area contributed by atoms with Crippen LogP contribution in [0.15, 0.2) is 48.8 Å². The second-order valence-corrected chi connectivity index (χ2v) is 11.0. The molecule has 2 aromatic heterocycles. The zero-order valence-electron chi connectivity index (χ0n) is 22.0. The lowest BCUT2D eigenvalue weighted by Crippen LogP contribution is -2.42. The smallest absolute Gasteiger partial charge is 0.410 e. The van der Waals surface area contributed by atoms with Crippen LogP contribution in [0.3, 0.4) is 0 Å².